The van der Waals surface area contributed by atoms with Crippen LogP contribution in [-0.4, -0.2) is 37.6 Å². The number of esters is 1. The minimum Gasteiger partial charge on any atom is -0.467 e. The lowest BCUT2D eigenvalue weighted by atomic mass is 10.0. The highest BCUT2D eigenvalue weighted by Crippen LogP contribution is 2.06. The van der Waals surface area contributed by atoms with Crippen LogP contribution in [0.5, 0.6) is 0 Å². The molecule has 1 unspecified atom stereocenters. The molecule has 0 bridgehead atoms. The molecule has 0 aliphatic rings. The number of carbonyl (C=O) groups excluding carboxylic acids is 2. The normalized spacial score (nSPS) is 13.1. The van der Waals surface area contributed by atoms with E-state index in [0.29, 0.717) is 6.54 Å². The molecule has 2 N–H and O–H groups in total. The number of amides is 1. The van der Waals surface area contributed by atoms with E-state index in [1.807, 2.05) is 13.8 Å². The lowest BCUT2D eigenvalue weighted by Crippen LogP contribution is -2.52. The molecule has 5 nitrogen and oxygen atoms in total. The molecular weight excluding hydrogens is 208 g/mol. The van der Waals surface area contributed by atoms with Crippen molar-refractivity contribution in [2.45, 2.75) is 33.2 Å². The van der Waals surface area contributed by atoms with E-state index in [1.54, 1.807) is 13.8 Å². The van der Waals surface area contributed by atoms with Crippen molar-refractivity contribution in [2.75, 3.05) is 20.2 Å². The van der Waals surface area contributed by atoms with Crippen molar-refractivity contribution in [1.82, 2.24) is 10.6 Å². The van der Waals surface area contributed by atoms with E-state index in [9.17, 15) is 9.59 Å². The molecule has 0 aromatic rings. The van der Waals surface area contributed by atoms with Gasteiger partial charge in [-0.1, -0.05) is 13.8 Å². The van der Waals surface area contributed by atoms with Crippen molar-refractivity contribution in [2.24, 2.45) is 5.92 Å². The van der Waals surface area contributed by atoms with Crippen molar-refractivity contribution < 1.29 is 14.3 Å². The highest BCUT2D eigenvalue weighted by Gasteiger charge is 2.31. The van der Waals surface area contributed by atoms with Crippen LogP contribution in [0.25, 0.3) is 0 Å². The average Bonchev–Trinajstić information content (AvgIpc) is 2.23. The summed E-state index contributed by atoms with van der Waals surface area (Å²) in [7, 11) is 1.30. The third-order valence-corrected chi connectivity index (χ3v) is 2.28. The molecule has 1 atom stereocenters. The second kappa shape index (κ2) is 6.48. The SMILES string of the molecule is CCNCC(C)C(=O)NC(C)(C)C(=O)OC. The van der Waals surface area contributed by atoms with Gasteiger partial charge < -0.3 is 15.4 Å². The standard InChI is InChI=1S/C11H22N2O3/c1-6-12-7-8(2)9(14)13-11(3,4)10(15)16-5/h8,12H,6-7H2,1-5H3,(H,13,14). The predicted molar refractivity (Wildman–Crippen MR) is 61.9 cm³/mol. The van der Waals surface area contributed by atoms with Gasteiger partial charge in [0.2, 0.25) is 5.91 Å². The van der Waals surface area contributed by atoms with E-state index in [-0.39, 0.29) is 11.8 Å². The van der Waals surface area contributed by atoms with Crippen LogP contribution in [0.2, 0.25) is 0 Å². The summed E-state index contributed by atoms with van der Waals surface area (Å²) >= 11 is 0. The van der Waals surface area contributed by atoms with E-state index in [4.69, 9.17) is 0 Å². The van der Waals surface area contributed by atoms with Gasteiger partial charge in [0.1, 0.15) is 5.54 Å². The molecule has 0 spiro atoms. The van der Waals surface area contributed by atoms with Gasteiger partial charge in [0.25, 0.3) is 0 Å². The van der Waals surface area contributed by atoms with Crippen LogP contribution in [-0.2, 0) is 14.3 Å². The summed E-state index contributed by atoms with van der Waals surface area (Å²) in [4.78, 5) is 23.1. The molecule has 0 aromatic carbocycles. The number of hydrogen-bond acceptors (Lipinski definition) is 4. The Hall–Kier alpha value is -1.10. The second-order valence-electron chi connectivity index (χ2n) is 4.31. The third-order valence-electron chi connectivity index (χ3n) is 2.28. The summed E-state index contributed by atoms with van der Waals surface area (Å²) in [6.45, 7) is 8.44. The van der Waals surface area contributed by atoms with Gasteiger partial charge >= 0.3 is 5.97 Å². The molecule has 0 aliphatic carbocycles. The van der Waals surface area contributed by atoms with Gasteiger partial charge in [-0.15, -0.1) is 0 Å². The largest absolute Gasteiger partial charge is 0.467 e. The maximum Gasteiger partial charge on any atom is 0.330 e. The molecule has 0 heterocycles. The first kappa shape index (κ1) is 14.9. The minimum absolute atomic E-state index is 0.156. The molecule has 0 rings (SSSR count). The molecule has 5 heteroatoms. The number of methoxy groups -OCH3 is 1. The van der Waals surface area contributed by atoms with Crippen LogP contribution < -0.4 is 10.6 Å². The molecule has 0 aliphatic heterocycles. The molecule has 0 fully saturated rings. The van der Waals surface area contributed by atoms with E-state index in [1.165, 1.54) is 7.11 Å². The Labute approximate surface area is 96.9 Å². The number of rotatable bonds is 6. The zero-order valence-corrected chi connectivity index (χ0v) is 10.7. The average molecular weight is 230 g/mol. The highest BCUT2D eigenvalue weighted by atomic mass is 16.5. The van der Waals surface area contributed by atoms with Crippen molar-refractivity contribution in [3.05, 3.63) is 0 Å². The molecule has 0 aromatic heterocycles. The van der Waals surface area contributed by atoms with Gasteiger partial charge in [0.05, 0.1) is 7.11 Å². The van der Waals surface area contributed by atoms with E-state index in [2.05, 4.69) is 15.4 Å². The molecule has 0 radical (unpaired) electrons. The van der Waals surface area contributed by atoms with Crippen LogP contribution >= 0.6 is 0 Å². The van der Waals surface area contributed by atoms with Crippen LogP contribution in [0.15, 0.2) is 0 Å². The number of carbonyl (C=O) groups is 2. The monoisotopic (exact) mass is 230 g/mol. The fraction of sp³-hybridized carbons (Fsp3) is 0.818. The number of hydrogen-bond donors (Lipinski definition) is 2. The quantitative estimate of drug-likeness (QED) is 0.644. The highest BCUT2D eigenvalue weighted by molar-refractivity contribution is 5.88. The third kappa shape index (κ3) is 4.61. The fourth-order valence-electron chi connectivity index (χ4n) is 1.19. The summed E-state index contributed by atoms with van der Waals surface area (Å²) < 4.78 is 4.61. The number of ether oxygens (including phenoxy) is 1. The van der Waals surface area contributed by atoms with Crippen LogP contribution in [0, 0.1) is 5.92 Å². The summed E-state index contributed by atoms with van der Waals surface area (Å²) in [5.41, 5.74) is -0.980. The second-order valence-corrected chi connectivity index (χ2v) is 4.31. The van der Waals surface area contributed by atoms with Crippen LogP contribution in [0.1, 0.15) is 27.7 Å². The first-order chi connectivity index (χ1) is 7.35. The summed E-state index contributed by atoms with van der Waals surface area (Å²) in [6, 6.07) is 0. The predicted octanol–water partition coefficient (Wildman–Crippen LogP) is 0.300. The van der Waals surface area contributed by atoms with Crippen molar-refractivity contribution >= 4 is 11.9 Å². The molecule has 1 amide bonds. The fourth-order valence-corrected chi connectivity index (χ4v) is 1.19. The van der Waals surface area contributed by atoms with Crippen molar-refractivity contribution in [1.29, 1.82) is 0 Å². The zero-order chi connectivity index (χ0) is 12.8. The van der Waals surface area contributed by atoms with E-state index < -0.39 is 11.5 Å². The molecule has 0 saturated carbocycles. The molecular formula is C11H22N2O3. The minimum atomic E-state index is -0.980. The Morgan fingerprint density at radius 3 is 2.38 bits per heavy atom. The Kier molecular flexibility index (Phi) is 6.03. The lowest BCUT2D eigenvalue weighted by Gasteiger charge is -2.25. The lowest BCUT2D eigenvalue weighted by molar-refractivity contribution is -0.149. The van der Waals surface area contributed by atoms with Crippen LogP contribution in [0.4, 0.5) is 0 Å². The van der Waals surface area contributed by atoms with Crippen molar-refractivity contribution in [3.63, 3.8) is 0 Å². The topological polar surface area (TPSA) is 67.4 Å². The maximum absolute atomic E-state index is 11.7. The van der Waals surface area contributed by atoms with Gasteiger partial charge in [-0.25, -0.2) is 4.79 Å². The first-order valence-corrected chi connectivity index (χ1v) is 5.46. The summed E-state index contributed by atoms with van der Waals surface area (Å²) in [6.07, 6.45) is 0. The van der Waals surface area contributed by atoms with E-state index >= 15 is 0 Å². The van der Waals surface area contributed by atoms with Gasteiger partial charge in [-0.2, -0.15) is 0 Å². The molecule has 0 saturated heterocycles. The van der Waals surface area contributed by atoms with E-state index in [0.717, 1.165) is 6.54 Å². The van der Waals surface area contributed by atoms with Gasteiger partial charge in [-0.05, 0) is 20.4 Å². The first-order valence-electron chi connectivity index (χ1n) is 5.46. The van der Waals surface area contributed by atoms with Gasteiger partial charge in [0, 0.05) is 12.5 Å². The maximum atomic E-state index is 11.7. The zero-order valence-electron chi connectivity index (χ0n) is 10.7. The Bertz CT molecular complexity index is 252. The Morgan fingerprint density at radius 2 is 1.94 bits per heavy atom. The number of nitrogens with one attached hydrogen (secondary N) is 2. The van der Waals surface area contributed by atoms with Gasteiger partial charge in [-0.3, -0.25) is 4.79 Å². The summed E-state index contributed by atoms with van der Waals surface area (Å²) in [5.74, 6) is -0.781. The van der Waals surface area contributed by atoms with Crippen LogP contribution in [0.3, 0.4) is 0 Å². The van der Waals surface area contributed by atoms with Crippen molar-refractivity contribution in [3.8, 4) is 0 Å². The smallest absolute Gasteiger partial charge is 0.330 e. The van der Waals surface area contributed by atoms with Gasteiger partial charge in [0.15, 0.2) is 0 Å². The Balaban J connectivity index is 4.27. The molecule has 94 valence electrons. The summed E-state index contributed by atoms with van der Waals surface area (Å²) in [5, 5.41) is 5.74. The molecule has 16 heavy (non-hydrogen) atoms. The Morgan fingerprint density at radius 1 is 1.38 bits per heavy atom.